The van der Waals surface area contributed by atoms with Crippen LogP contribution in [0.4, 0.5) is 0 Å². The first kappa shape index (κ1) is 15.3. The summed E-state index contributed by atoms with van der Waals surface area (Å²) in [4.78, 5) is 4.81. The van der Waals surface area contributed by atoms with Gasteiger partial charge in [-0.25, -0.2) is 0 Å². The molecular formula is C18H24N2O2. The molecule has 3 rings (SSSR count). The van der Waals surface area contributed by atoms with E-state index in [1.807, 2.05) is 0 Å². The first-order valence-electron chi connectivity index (χ1n) is 7.92. The zero-order chi connectivity index (χ0) is 15.4. The van der Waals surface area contributed by atoms with Gasteiger partial charge >= 0.3 is 0 Å². The molecule has 22 heavy (non-hydrogen) atoms. The van der Waals surface area contributed by atoms with Crippen molar-refractivity contribution in [1.29, 1.82) is 0 Å². The van der Waals surface area contributed by atoms with Crippen molar-refractivity contribution in [2.24, 2.45) is 0 Å². The van der Waals surface area contributed by atoms with Gasteiger partial charge in [-0.2, -0.15) is 0 Å². The Kier molecular flexibility index (Phi) is 4.93. The van der Waals surface area contributed by atoms with Crippen molar-refractivity contribution in [2.45, 2.75) is 6.54 Å². The first-order chi connectivity index (χ1) is 10.8. The number of aliphatic hydroxyl groups excluding tert-OH is 1. The standard InChI is InChI=1S/C18H24N2O2/c1-22-18-7-6-15(16-4-2-3-5-17(16)18)14-20-10-8-19(9-11-20)12-13-21/h2-7,21H,8-14H2,1H3. The molecule has 0 radical (unpaired) electrons. The van der Waals surface area contributed by atoms with Gasteiger partial charge in [-0.3, -0.25) is 9.80 Å². The summed E-state index contributed by atoms with van der Waals surface area (Å²) in [5.74, 6) is 0.937. The molecule has 2 aromatic rings. The lowest BCUT2D eigenvalue weighted by Gasteiger charge is -2.34. The van der Waals surface area contributed by atoms with E-state index in [9.17, 15) is 0 Å². The van der Waals surface area contributed by atoms with E-state index in [1.54, 1.807) is 7.11 Å². The van der Waals surface area contributed by atoms with Crippen LogP contribution < -0.4 is 4.74 Å². The monoisotopic (exact) mass is 300 g/mol. The Morgan fingerprint density at radius 3 is 2.32 bits per heavy atom. The lowest BCUT2D eigenvalue weighted by molar-refractivity contribution is 0.109. The molecule has 0 unspecified atom stereocenters. The van der Waals surface area contributed by atoms with Crippen LogP contribution in [-0.2, 0) is 6.54 Å². The van der Waals surface area contributed by atoms with Gasteiger partial charge in [0.2, 0.25) is 0 Å². The quantitative estimate of drug-likeness (QED) is 0.916. The molecule has 1 heterocycles. The fourth-order valence-corrected chi connectivity index (χ4v) is 3.20. The number of piperazine rings is 1. The van der Waals surface area contributed by atoms with Crippen LogP contribution in [0.1, 0.15) is 5.56 Å². The predicted octanol–water partition coefficient (Wildman–Crippen LogP) is 1.96. The van der Waals surface area contributed by atoms with E-state index in [0.717, 1.165) is 45.0 Å². The zero-order valence-corrected chi connectivity index (χ0v) is 13.2. The van der Waals surface area contributed by atoms with E-state index in [4.69, 9.17) is 9.84 Å². The Balaban J connectivity index is 1.75. The van der Waals surface area contributed by atoms with Crippen molar-refractivity contribution in [3.8, 4) is 5.75 Å². The fourth-order valence-electron chi connectivity index (χ4n) is 3.20. The SMILES string of the molecule is COc1ccc(CN2CCN(CCO)CC2)c2ccccc12. The van der Waals surface area contributed by atoms with Gasteiger partial charge in [0, 0.05) is 44.7 Å². The van der Waals surface area contributed by atoms with Crippen LogP contribution in [0.2, 0.25) is 0 Å². The Morgan fingerprint density at radius 1 is 0.955 bits per heavy atom. The van der Waals surface area contributed by atoms with Crippen LogP contribution >= 0.6 is 0 Å². The van der Waals surface area contributed by atoms with Crippen molar-refractivity contribution in [3.05, 3.63) is 42.0 Å². The molecule has 0 aromatic heterocycles. The van der Waals surface area contributed by atoms with Crippen LogP contribution in [0.15, 0.2) is 36.4 Å². The summed E-state index contributed by atoms with van der Waals surface area (Å²) in [5.41, 5.74) is 1.35. The summed E-state index contributed by atoms with van der Waals surface area (Å²) < 4.78 is 5.47. The Labute approximate surface area is 131 Å². The van der Waals surface area contributed by atoms with Crippen molar-refractivity contribution >= 4 is 10.8 Å². The second kappa shape index (κ2) is 7.09. The van der Waals surface area contributed by atoms with Gasteiger partial charge in [0.25, 0.3) is 0 Å². The predicted molar refractivity (Wildman–Crippen MR) is 89.3 cm³/mol. The van der Waals surface area contributed by atoms with Gasteiger partial charge < -0.3 is 9.84 Å². The molecule has 118 valence electrons. The largest absolute Gasteiger partial charge is 0.496 e. The minimum atomic E-state index is 0.253. The zero-order valence-electron chi connectivity index (χ0n) is 13.2. The van der Waals surface area contributed by atoms with E-state index in [2.05, 4.69) is 46.2 Å². The van der Waals surface area contributed by atoms with Gasteiger partial charge in [0.15, 0.2) is 0 Å². The number of ether oxygens (including phenoxy) is 1. The molecule has 1 saturated heterocycles. The highest BCUT2D eigenvalue weighted by Crippen LogP contribution is 2.29. The minimum Gasteiger partial charge on any atom is -0.496 e. The molecule has 0 aliphatic carbocycles. The molecule has 0 atom stereocenters. The average Bonchev–Trinajstić information content (AvgIpc) is 2.57. The maximum atomic E-state index is 9.02. The van der Waals surface area contributed by atoms with Gasteiger partial charge in [0.05, 0.1) is 13.7 Å². The number of rotatable bonds is 5. The van der Waals surface area contributed by atoms with E-state index in [1.165, 1.54) is 16.3 Å². The van der Waals surface area contributed by atoms with E-state index >= 15 is 0 Å². The van der Waals surface area contributed by atoms with Crippen LogP contribution in [0.3, 0.4) is 0 Å². The average molecular weight is 300 g/mol. The number of fused-ring (bicyclic) bond motifs is 1. The number of hydrogen-bond acceptors (Lipinski definition) is 4. The maximum absolute atomic E-state index is 9.02. The molecule has 4 nitrogen and oxygen atoms in total. The Bertz CT molecular complexity index is 622. The minimum absolute atomic E-state index is 0.253. The highest BCUT2D eigenvalue weighted by Gasteiger charge is 2.17. The first-order valence-corrected chi connectivity index (χ1v) is 7.92. The lowest BCUT2D eigenvalue weighted by Crippen LogP contribution is -2.46. The summed E-state index contributed by atoms with van der Waals surface area (Å²) >= 11 is 0. The molecule has 4 heteroatoms. The van der Waals surface area contributed by atoms with E-state index in [0.29, 0.717) is 0 Å². The summed E-state index contributed by atoms with van der Waals surface area (Å²) in [6.07, 6.45) is 0. The molecule has 0 saturated carbocycles. The normalized spacial score (nSPS) is 17.0. The third kappa shape index (κ3) is 3.24. The van der Waals surface area contributed by atoms with Gasteiger partial charge in [-0.05, 0) is 17.0 Å². The van der Waals surface area contributed by atoms with Crippen molar-refractivity contribution in [2.75, 3.05) is 46.4 Å². The van der Waals surface area contributed by atoms with Gasteiger partial charge in [-0.1, -0.05) is 30.3 Å². The van der Waals surface area contributed by atoms with Crippen molar-refractivity contribution in [1.82, 2.24) is 9.80 Å². The second-order valence-corrected chi connectivity index (χ2v) is 5.81. The highest BCUT2D eigenvalue weighted by atomic mass is 16.5. The van der Waals surface area contributed by atoms with Gasteiger partial charge in [0.1, 0.15) is 5.75 Å². The Hall–Kier alpha value is -1.62. The number of benzene rings is 2. The van der Waals surface area contributed by atoms with E-state index in [-0.39, 0.29) is 6.61 Å². The summed E-state index contributed by atoms with van der Waals surface area (Å²) in [7, 11) is 1.72. The third-order valence-corrected chi connectivity index (χ3v) is 4.47. The molecule has 1 N–H and O–H groups in total. The fraction of sp³-hybridized carbons (Fsp3) is 0.444. The number of hydrogen-bond donors (Lipinski definition) is 1. The molecule has 0 amide bonds. The number of aliphatic hydroxyl groups is 1. The topological polar surface area (TPSA) is 35.9 Å². The maximum Gasteiger partial charge on any atom is 0.126 e. The third-order valence-electron chi connectivity index (χ3n) is 4.47. The number of nitrogens with zero attached hydrogens (tertiary/aromatic N) is 2. The van der Waals surface area contributed by atoms with E-state index < -0.39 is 0 Å². The summed E-state index contributed by atoms with van der Waals surface area (Å²) in [6, 6.07) is 12.7. The molecule has 0 bridgehead atoms. The molecule has 2 aromatic carbocycles. The van der Waals surface area contributed by atoms with Crippen LogP contribution in [0.25, 0.3) is 10.8 Å². The summed E-state index contributed by atoms with van der Waals surface area (Å²) in [6.45, 7) is 6.20. The van der Waals surface area contributed by atoms with Crippen LogP contribution in [-0.4, -0.2) is 61.3 Å². The molecular weight excluding hydrogens is 276 g/mol. The Morgan fingerprint density at radius 2 is 1.64 bits per heavy atom. The van der Waals surface area contributed by atoms with Crippen molar-refractivity contribution in [3.63, 3.8) is 0 Å². The number of β-amino-alcohol motifs (C(OH)–C–C–N with tert-alkyl or cyclic N) is 1. The highest BCUT2D eigenvalue weighted by molar-refractivity contribution is 5.91. The van der Waals surface area contributed by atoms with Crippen molar-refractivity contribution < 1.29 is 9.84 Å². The molecule has 0 spiro atoms. The number of methoxy groups -OCH3 is 1. The van der Waals surface area contributed by atoms with Gasteiger partial charge in [-0.15, -0.1) is 0 Å². The molecule has 1 aliphatic rings. The van der Waals surface area contributed by atoms with Crippen LogP contribution in [0.5, 0.6) is 5.75 Å². The summed E-state index contributed by atoms with van der Waals surface area (Å²) in [5, 5.41) is 11.5. The smallest absolute Gasteiger partial charge is 0.126 e. The van der Waals surface area contributed by atoms with Crippen LogP contribution in [0, 0.1) is 0 Å². The second-order valence-electron chi connectivity index (χ2n) is 5.81. The molecule has 1 aliphatic heterocycles. The lowest BCUT2D eigenvalue weighted by atomic mass is 10.0. The molecule has 1 fully saturated rings.